The van der Waals surface area contributed by atoms with Crippen molar-refractivity contribution in [2.24, 2.45) is 11.7 Å². The third kappa shape index (κ3) is 5.40. The zero-order chi connectivity index (χ0) is 27.6. The number of H-pyrrole nitrogens is 1. The number of aromatic nitrogens is 2. The number of fused-ring (bicyclic) bond motifs is 1. The first-order chi connectivity index (χ1) is 18.7. The number of carbonyl (C=O) groups excluding carboxylic acids is 1. The largest absolute Gasteiger partial charge is 0.453 e. The lowest BCUT2D eigenvalue weighted by molar-refractivity contribution is -0.384. The Balaban J connectivity index is 1.52. The molecule has 4 N–H and O–H groups in total. The summed E-state index contributed by atoms with van der Waals surface area (Å²) in [6.07, 6.45) is 4.72. The van der Waals surface area contributed by atoms with Gasteiger partial charge in [-0.3, -0.25) is 14.9 Å². The molecule has 2 aromatic carbocycles. The summed E-state index contributed by atoms with van der Waals surface area (Å²) in [5.41, 5.74) is 5.77. The van der Waals surface area contributed by atoms with Crippen LogP contribution in [-0.2, 0) is 14.6 Å². The second-order valence-corrected chi connectivity index (χ2v) is 11.0. The molecule has 39 heavy (non-hydrogen) atoms. The zero-order valence-electron chi connectivity index (χ0n) is 20.6. The third-order valence-electron chi connectivity index (χ3n) is 6.53. The average Bonchev–Trinajstić information content (AvgIpc) is 3.40. The van der Waals surface area contributed by atoms with Gasteiger partial charge in [0.2, 0.25) is 9.84 Å². The Morgan fingerprint density at radius 3 is 2.74 bits per heavy atom. The first-order valence-electron chi connectivity index (χ1n) is 12.1. The molecule has 2 aromatic heterocycles. The highest BCUT2D eigenvalue weighted by Gasteiger charge is 2.29. The van der Waals surface area contributed by atoms with Crippen molar-refractivity contribution in [2.45, 2.75) is 22.6 Å². The van der Waals surface area contributed by atoms with E-state index in [1.54, 1.807) is 18.3 Å². The number of ether oxygens (including phenoxy) is 2. The molecule has 1 amide bonds. The molecule has 3 heterocycles. The summed E-state index contributed by atoms with van der Waals surface area (Å²) >= 11 is 0. The number of primary amides is 1. The van der Waals surface area contributed by atoms with Crippen LogP contribution >= 0.6 is 0 Å². The molecule has 1 saturated heterocycles. The summed E-state index contributed by atoms with van der Waals surface area (Å²) in [5, 5.41) is 15.7. The number of aromatic amines is 1. The van der Waals surface area contributed by atoms with Gasteiger partial charge in [0.1, 0.15) is 22.0 Å². The number of nitrogens with two attached hydrogens (primary N) is 1. The molecule has 0 spiro atoms. The number of carbonyl (C=O) groups is 1. The Bertz CT molecular complexity index is 1660. The quantitative estimate of drug-likeness (QED) is 0.204. The van der Waals surface area contributed by atoms with E-state index in [4.69, 9.17) is 15.2 Å². The fourth-order valence-corrected chi connectivity index (χ4v) is 5.85. The highest BCUT2D eigenvalue weighted by molar-refractivity contribution is 7.91. The number of hydrogen-bond acceptors (Lipinski definition) is 9. The molecule has 0 unspecified atom stereocenters. The first-order valence-corrected chi connectivity index (χ1v) is 13.6. The predicted molar refractivity (Wildman–Crippen MR) is 142 cm³/mol. The number of nitrogens with one attached hydrogen (secondary N) is 2. The first kappa shape index (κ1) is 26.1. The van der Waals surface area contributed by atoms with Gasteiger partial charge in [0.15, 0.2) is 5.75 Å². The van der Waals surface area contributed by atoms with Crippen LogP contribution in [0.25, 0.3) is 11.0 Å². The minimum absolute atomic E-state index is 0.172. The van der Waals surface area contributed by atoms with Crippen LogP contribution in [0.4, 0.5) is 11.4 Å². The molecule has 0 saturated carbocycles. The Hall–Kier alpha value is -4.49. The lowest BCUT2D eigenvalue weighted by Crippen LogP contribution is -2.23. The van der Waals surface area contributed by atoms with E-state index in [-0.39, 0.29) is 38.5 Å². The number of nitrogens with zero attached hydrogens (tertiary/aromatic N) is 2. The number of benzene rings is 2. The maximum Gasteiger partial charge on any atom is 0.293 e. The van der Waals surface area contributed by atoms with E-state index in [1.165, 1.54) is 36.5 Å². The maximum atomic E-state index is 13.8. The van der Waals surface area contributed by atoms with Gasteiger partial charge in [-0.15, -0.1) is 0 Å². The summed E-state index contributed by atoms with van der Waals surface area (Å²) in [5.74, 6) is -0.744. The number of sulfone groups is 1. The van der Waals surface area contributed by atoms with E-state index in [1.807, 2.05) is 0 Å². The van der Waals surface area contributed by atoms with Crippen LogP contribution in [0.5, 0.6) is 11.5 Å². The molecule has 12 nitrogen and oxygen atoms in total. The summed E-state index contributed by atoms with van der Waals surface area (Å²) in [6.45, 7) is 1.76. The van der Waals surface area contributed by atoms with Crippen LogP contribution < -0.4 is 15.8 Å². The lowest BCUT2D eigenvalue weighted by Gasteiger charge is -2.22. The second kappa shape index (κ2) is 10.7. The molecule has 0 radical (unpaired) electrons. The highest BCUT2D eigenvalue weighted by Crippen LogP contribution is 2.38. The van der Waals surface area contributed by atoms with E-state index in [9.17, 15) is 23.3 Å². The number of hydrogen-bond donors (Lipinski definition) is 3. The molecule has 0 atom stereocenters. The maximum absolute atomic E-state index is 13.8. The second-order valence-electron chi connectivity index (χ2n) is 9.06. The van der Waals surface area contributed by atoms with E-state index < -0.39 is 26.4 Å². The summed E-state index contributed by atoms with van der Waals surface area (Å²) < 4.78 is 38.8. The molecule has 0 bridgehead atoms. The van der Waals surface area contributed by atoms with Gasteiger partial charge in [-0.1, -0.05) is 6.07 Å². The number of nitro groups is 1. The van der Waals surface area contributed by atoms with Crippen LogP contribution in [0.1, 0.15) is 23.2 Å². The molecule has 1 aliphatic rings. The molecular formula is C26H25N5O7S. The lowest BCUT2D eigenvalue weighted by atomic mass is 10.0. The molecule has 202 valence electrons. The summed E-state index contributed by atoms with van der Waals surface area (Å²) in [6, 6.07) is 11.0. The Morgan fingerprint density at radius 2 is 2.00 bits per heavy atom. The average molecular weight is 552 g/mol. The molecule has 1 fully saturated rings. The van der Waals surface area contributed by atoms with Crippen LogP contribution in [-0.4, -0.2) is 49.0 Å². The van der Waals surface area contributed by atoms with Gasteiger partial charge < -0.3 is 25.5 Å². The Morgan fingerprint density at radius 1 is 1.21 bits per heavy atom. The SMILES string of the molecule is NC(=O)c1cccc(S(=O)(=O)c2ccc(NCC3CCOCC3)c([N+](=O)[O-])c2)c1Oc1cnc2[nH]ccc2c1. The van der Waals surface area contributed by atoms with Crippen LogP contribution in [0, 0.1) is 16.0 Å². The zero-order valence-corrected chi connectivity index (χ0v) is 21.4. The molecule has 5 rings (SSSR count). The van der Waals surface area contributed by atoms with Gasteiger partial charge in [-0.2, -0.15) is 0 Å². The van der Waals surface area contributed by atoms with Gasteiger partial charge in [-0.05, 0) is 55.2 Å². The predicted octanol–water partition coefficient (Wildman–Crippen LogP) is 4.03. The van der Waals surface area contributed by atoms with Crippen LogP contribution in [0.2, 0.25) is 0 Å². The van der Waals surface area contributed by atoms with Gasteiger partial charge >= 0.3 is 0 Å². The molecule has 0 aliphatic carbocycles. The van der Waals surface area contributed by atoms with Crippen molar-refractivity contribution in [3.63, 3.8) is 0 Å². The standard InChI is InChI=1S/C26H25N5O7S/c27-25(32)20-2-1-3-23(24(20)38-18-12-17-6-9-28-26(17)30-15-18)39(35,36)19-4-5-21(22(13-19)31(33)34)29-14-16-7-10-37-11-8-16/h1-6,9,12-13,15-16,29H,7-8,10-11,14H2,(H2,27,32)(H,28,30). The van der Waals surface area contributed by atoms with E-state index in [0.29, 0.717) is 30.8 Å². The summed E-state index contributed by atoms with van der Waals surface area (Å²) in [7, 11) is -4.39. The van der Waals surface area contributed by atoms with Crippen LogP contribution in [0.3, 0.4) is 0 Å². The van der Waals surface area contributed by atoms with Crippen molar-refractivity contribution >= 4 is 38.2 Å². The normalized spacial score (nSPS) is 14.3. The van der Waals surface area contributed by atoms with Gasteiger partial charge in [0.05, 0.1) is 21.6 Å². The Kier molecular flexibility index (Phi) is 7.17. The minimum atomic E-state index is -4.39. The van der Waals surface area contributed by atoms with E-state index >= 15 is 0 Å². The number of rotatable bonds is 9. The van der Waals surface area contributed by atoms with Crippen molar-refractivity contribution < 1.29 is 27.6 Å². The van der Waals surface area contributed by atoms with Crippen molar-refractivity contribution in [1.29, 1.82) is 0 Å². The molecule has 13 heteroatoms. The summed E-state index contributed by atoms with van der Waals surface area (Å²) in [4.78, 5) is 29.9. The number of amides is 1. The topological polar surface area (TPSA) is 180 Å². The number of pyridine rings is 1. The minimum Gasteiger partial charge on any atom is -0.453 e. The van der Waals surface area contributed by atoms with Crippen molar-refractivity contribution in [2.75, 3.05) is 25.1 Å². The van der Waals surface area contributed by atoms with E-state index in [0.717, 1.165) is 18.9 Å². The van der Waals surface area contributed by atoms with Gasteiger partial charge in [0, 0.05) is 37.4 Å². The Labute approximate surface area is 223 Å². The number of nitro benzene ring substituents is 1. The molecule has 4 aromatic rings. The monoisotopic (exact) mass is 551 g/mol. The van der Waals surface area contributed by atoms with Crippen molar-refractivity contribution in [3.05, 3.63) is 76.6 Å². The fourth-order valence-electron chi connectivity index (χ4n) is 4.43. The van der Waals surface area contributed by atoms with Crippen LogP contribution in [0.15, 0.2) is 70.7 Å². The van der Waals surface area contributed by atoms with Gasteiger partial charge in [-0.25, -0.2) is 13.4 Å². The van der Waals surface area contributed by atoms with Gasteiger partial charge in [0.25, 0.3) is 11.6 Å². The highest BCUT2D eigenvalue weighted by atomic mass is 32.2. The fraction of sp³-hybridized carbons (Fsp3) is 0.231. The van der Waals surface area contributed by atoms with Crippen molar-refractivity contribution in [3.8, 4) is 11.5 Å². The molecular weight excluding hydrogens is 526 g/mol. The van der Waals surface area contributed by atoms with Crippen molar-refractivity contribution in [1.82, 2.24) is 9.97 Å². The number of para-hydroxylation sites is 1. The number of anilines is 1. The third-order valence-corrected chi connectivity index (χ3v) is 8.30. The van der Waals surface area contributed by atoms with E-state index in [2.05, 4.69) is 15.3 Å². The molecule has 1 aliphatic heterocycles. The smallest absolute Gasteiger partial charge is 0.293 e.